The molecule has 0 aliphatic carbocycles. The normalized spacial score (nSPS) is 10.6. The van der Waals surface area contributed by atoms with E-state index in [0.29, 0.717) is 17.3 Å². The van der Waals surface area contributed by atoms with Gasteiger partial charge < -0.3 is 5.32 Å². The summed E-state index contributed by atoms with van der Waals surface area (Å²) in [6, 6.07) is 6.61. The summed E-state index contributed by atoms with van der Waals surface area (Å²) in [5, 5.41) is 3.39. The van der Waals surface area contributed by atoms with Crippen LogP contribution in [0.5, 0.6) is 0 Å². The molecule has 0 aliphatic rings. The molecule has 0 saturated carbocycles. The van der Waals surface area contributed by atoms with Crippen LogP contribution in [0, 0.1) is 5.82 Å². The largest absolute Gasteiger partial charge is 0.377 e. The maximum Gasteiger partial charge on any atom is 0.147 e. The van der Waals surface area contributed by atoms with Gasteiger partial charge in [-0.15, -0.1) is 11.3 Å². The van der Waals surface area contributed by atoms with Gasteiger partial charge in [-0.1, -0.05) is 17.7 Å². The van der Waals surface area contributed by atoms with Crippen LogP contribution < -0.4 is 5.32 Å². The van der Waals surface area contributed by atoms with E-state index in [1.807, 2.05) is 6.07 Å². The van der Waals surface area contributed by atoms with Gasteiger partial charge in [-0.3, -0.25) is 0 Å². The van der Waals surface area contributed by atoms with Crippen molar-refractivity contribution >= 4 is 60.5 Å². The maximum absolute atomic E-state index is 13.5. The Labute approximate surface area is 124 Å². The van der Waals surface area contributed by atoms with Crippen molar-refractivity contribution in [3.63, 3.8) is 0 Å². The highest BCUT2D eigenvalue weighted by molar-refractivity contribution is 9.13. The van der Waals surface area contributed by atoms with Crippen LogP contribution in [-0.4, -0.2) is 0 Å². The predicted molar refractivity (Wildman–Crippen MR) is 78.5 cm³/mol. The third kappa shape index (κ3) is 3.22. The van der Waals surface area contributed by atoms with E-state index >= 15 is 0 Å². The summed E-state index contributed by atoms with van der Waals surface area (Å²) in [6.45, 7) is 0.537. The molecule has 1 aromatic heterocycles. The summed E-state index contributed by atoms with van der Waals surface area (Å²) in [7, 11) is 0. The molecule has 1 nitrogen and oxygen atoms in total. The molecule has 0 amide bonds. The molecule has 0 radical (unpaired) electrons. The minimum atomic E-state index is -0.341. The SMILES string of the molecule is Fc1cccc(Cl)c1NCc1cc(Br)c(Br)s1. The van der Waals surface area contributed by atoms with E-state index in [1.165, 1.54) is 6.07 Å². The number of thiophene rings is 1. The number of hydrogen-bond acceptors (Lipinski definition) is 2. The lowest BCUT2D eigenvalue weighted by Crippen LogP contribution is -2.00. The van der Waals surface area contributed by atoms with Crippen LogP contribution in [0.3, 0.4) is 0 Å². The van der Waals surface area contributed by atoms with Gasteiger partial charge in [0.1, 0.15) is 5.82 Å². The third-order valence-corrected chi connectivity index (χ3v) is 5.67. The Kier molecular flexibility index (Phi) is 4.47. The molecule has 0 spiro atoms. The Morgan fingerprint density at radius 3 is 2.71 bits per heavy atom. The Morgan fingerprint density at radius 2 is 2.12 bits per heavy atom. The van der Waals surface area contributed by atoms with Gasteiger partial charge in [-0.25, -0.2) is 4.39 Å². The van der Waals surface area contributed by atoms with Gasteiger partial charge in [-0.05, 0) is 50.1 Å². The minimum absolute atomic E-state index is 0.341. The Hall–Kier alpha value is -0.1000. The van der Waals surface area contributed by atoms with Crippen LogP contribution in [0.2, 0.25) is 5.02 Å². The van der Waals surface area contributed by atoms with Crippen LogP contribution in [0.4, 0.5) is 10.1 Å². The van der Waals surface area contributed by atoms with Gasteiger partial charge in [-0.2, -0.15) is 0 Å². The van der Waals surface area contributed by atoms with Crippen molar-refractivity contribution in [3.8, 4) is 0 Å². The lowest BCUT2D eigenvalue weighted by atomic mass is 10.3. The van der Waals surface area contributed by atoms with Crippen molar-refractivity contribution in [1.29, 1.82) is 0 Å². The molecular weight excluding hydrogens is 392 g/mol. The van der Waals surface area contributed by atoms with E-state index < -0.39 is 0 Å². The molecule has 2 rings (SSSR count). The number of halogens is 4. The number of anilines is 1. The van der Waals surface area contributed by atoms with E-state index in [-0.39, 0.29) is 5.82 Å². The fourth-order valence-corrected chi connectivity index (χ4v) is 3.67. The number of para-hydroxylation sites is 1. The molecule has 1 N–H and O–H groups in total. The zero-order valence-corrected chi connectivity index (χ0v) is 13.2. The minimum Gasteiger partial charge on any atom is -0.377 e. The van der Waals surface area contributed by atoms with Gasteiger partial charge in [0.15, 0.2) is 0 Å². The molecule has 0 aliphatic heterocycles. The highest BCUT2D eigenvalue weighted by atomic mass is 79.9. The molecule has 1 aromatic carbocycles. The molecule has 6 heteroatoms. The second-order valence-electron chi connectivity index (χ2n) is 3.28. The van der Waals surface area contributed by atoms with Crippen molar-refractivity contribution < 1.29 is 4.39 Å². The highest BCUT2D eigenvalue weighted by Gasteiger charge is 2.08. The second kappa shape index (κ2) is 5.69. The molecule has 90 valence electrons. The smallest absolute Gasteiger partial charge is 0.147 e. The van der Waals surface area contributed by atoms with Crippen molar-refractivity contribution in [2.24, 2.45) is 0 Å². The first kappa shape index (κ1) is 13.3. The molecule has 17 heavy (non-hydrogen) atoms. The van der Waals surface area contributed by atoms with E-state index in [0.717, 1.165) is 13.1 Å². The molecular formula is C11H7Br2ClFNS. The van der Waals surface area contributed by atoms with Crippen molar-refractivity contribution in [3.05, 3.63) is 48.2 Å². The average Bonchev–Trinajstić information content (AvgIpc) is 2.58. The summed E-state index contributed by atoms with van der Waals surface area (Å²) in [5.41, 5.74) is 0.342. The first-order valence-electron chi connectivity index (χ1n) is 4.69. The van der Waals surface area contributed by atoms with Crippen molar-refractivity contribution in [2.45, 2.75) is 6.54 Å². The van der Waals surface area contributed by atoms with Gasteiger partial charge in [0.05, 0.1) is 14.5 Å². The number of nitrogens with one attached hydrogen (secondary N) is 1. The van der Waals surface area contributed by atoms with Gasteiger partial charge in [0, 0.05) is 15.9 Å². The van der Waals surface area contributed by atoms with Crippen molar-refractivity contribution in [1.82, 2.24) is 0 Å². The number of hydrogen-bond donors (Lipinski definition) is 1. The average molecular weight is 400 g/mol. The molecule has 0 fully saturated rings. The number of rotatable bonds is 3. The van der Waals surface area contributed by atoms with Gasteiger partial charge in [0.25, 0.3) is 0 Å². The summed E-state index contributed by atoms with van der Waals surface area (Å²) in [4.78, 5) is 1.09. The standard InChI is InChI=1S/C11H7Br2ClFNS/c12-7-4-6(17-11(7)13)5-16-10-8(14)2-1-3-9(10)15/h1-4,16H,5H2. The molecule has 1 heterocycles. The zero-order valence-electron chi connectivity index (χ0n) is 8.44. The topological polar surface area (TPSA) is 12.0 Å². The summed E-state index contributed by atoms with van der Waals surface area (Å²) in [5.74, 6) is -0.341. The van der Waals surface area contributed by atoms with E-state index in [9.17, 15) is 4.39 Å². The van der Waals surface area contributed by atoms with E-state index in [2.05, 4.69) is 37.2 Å². The summed E-state index contributed by atoms with van der Waals surface area (Å²) >= 11 is 14.3. The molecule has 0 bridgehead atoms. The lowest BCUT2D eigenvalue weighted by Gasteiger charge is -2.07. The maximum atomic E-state index is 13.5. The monoisotopic (exact) mass is 397 g/mol. The molecule has 0 unspecified atom stereocenters. The molecule has 0 saturated heterocycles. The van der Waals surface area contributed by atoms with Crippen LogP contribution in [-0.2, 0) is 6.54 Å². The predicted octanol–water partition coefficient (Wildman–Crippen LogP) is 5.68. The third-order valence-electron chi connectivity index (χ3n) is 2.10. The van der Waals surface area contributed by atoms with Crippen LogP contribution in [0.1, 0.15) is 4.88 Å². The fourth-order valence-electron chi connectivity index (χ4n) is 1.32. The van der Waals surface area contributed by atoms with Crippen LogP contribution in [0.25, 0.3) is 0 Å². The highest BCUT2D eigenvalue weighted by Crippen LogP contribution is 2.33. The van der Waals surface area contributed by atoms with E-state index in [4.69, 9.17) is 11.6 Å². The first-order chi connectivity index (χ1) is 8.08. The van der Waals surface area contributed by atoms with Gasteiger partial charge >= 0.3 is 0 Å². The summed E-state index contributed by atoms with van der Waals surface area (Å²) < 4.78 is 15.5. The van der Waals surface area contributed by atoms with E-state index in [1.54, 1.807) is 23.5 Å². The lowest BCUT2D eigenvalue weighted by molar-refractivity contribution is 0.630. The Balaban J connectivity index is 2.12. The Bertz CT molecular complexity index is 505. The molecule has 0 atom stereocenters. The van der Waals surface area contributed by atoms with Crippen LogP contribution >= 0.6 is 54.8 Å². The molecule has 2 aromatic rings. The number of benzene rings is 1. The fraction of sp³-hybridized carbons (Fsp3) is 0.0909. The quantitative estimate of drug-likeness (QED) is 0.700. The second-order valence-corrected chi connectivity index (χ2v) is 7.00. The van der Waals surface area contributed by atoms with Crippen molar-refractivity contribution in [2.75, 3.05) is 5.32 Å². The Morgan fingerprint density at radius 1 is 1.35 bits per heavy atom. The van der Waals surface area contributed by atoms with Crippen LogP contribution in [0.15, 0.2) is 32.5 Å². The zero-order chi connectivity index (χ0) is 12.4. The summed E-state index contributed by atoms with van der Waals surface area (Å²) in [6.07, 6.45) is 0. The first-order valence-corrected chi connectivity index (χ1v) is 7.47. The van der Waals surface area contributed by atoms with Gasteiger partial charge in [0.2, 0.25) is 0 Å².